The van der Waals surface area contributed by atoms with Crippen LogP contribution in [0.25, 0.3) is 0 Å². The largest absolute Gasteiger partial charge is 0.507 e. The van der Waals surface area contributed by atoms with E-state index in [1.165, 1.54) is 12.0 Å². The topological polar surface area (TPSA) is 46.2 Å². The molecular weight excluding hydrogens is 206 g/mol. The second kappa shape index (κ2) is 4.06. The molecule has 1 aromatic carbocycles. The first-order chi connectivity index (χ1) is 7.23. The molecule has 0 radical (unpaired) electrons. The predicted octanol–water partition coefficient (Wildman–Crippen LogP) is 2.49. The highest BCUT2D eigenvalue weighted by Crippen LogP contribution is 2.47. The standard InChI is InChI=1S/C12H17NOS/c1-15-11-9(4-2-5-10(11)14)12(8-13)6-3-7-12/h2,4-5,14H,3,6-8,13H2,1H3. The highest BCUT2D eigenvalue weighted by Gasteiger charge is 2.39. The molecule has 1 aliphatic rings. The van der Waals surface area contributed by atoms with Crippen molar-refractivity contribution in [1.82, 2.24) is 0 Å². The van der Waals surface area contributed by atoms with Gasteiger partial charge in [0.2, 0.25) is 0 Å². The number of rotatable bonds is 3. The third-order valence-electron chi connectivity index (χ3n) is 3.47. The van der Waals surface area contributed by atoms with E-state index in [4.69, 9.17) is 5.73 Å². The molecule has 0 unspecified atom stereocenters. The maximum atomic E-state index is 9.81. The zero-order valence-electron chi connectivity index (χ0n) is 8.99. The number of hydrogen-bond acceptors (Lipinski definition) is 3. The van der Waals surface area contributed by atoms with Crippen LogP contribution in [0, 0.1) is 0 Å². The quantitative estimate of drug-likeness (QED) is 0.774. The van der Waals surface area contributed by atoms with E-state index in [0.29, 0.717) is 12.3 Å². The van der Waals surface area contributed by atoms with E-state index in [1.54, 1.807) is 17.8 Å². The fourth-order valence-electron chi connectivity index (χ4n) is 2.34. The van der Waals surface area contributed by atoms with E-state index in [0.717, 1.165) is 17.7 Å². The second-order valence-electron chi connectivity index (χ2n) is 4.20. The minimum Gasteiger partial charge on any atom is -0.507 e. The first kappa shape index (κ1) is 10.8. The third kappa shape index (κ3) is 1.64. The Balaban J connectivity index is 2.46. The summed E-state index contributed by atoms with van der Waals surface area (Å²) >= 11 is 1.61. The zero-order valence-corrected chi connectivity index (χ0v) is 9.81. The predicted molar refractivity (Wildman–Crippen MR) is 64.5 cm³/mol. The molecule has 0 saturated heterocycles. The summed E-state index contributed by atoms with van der Waals surface area (Å²) in [6, 6.07) is 5.77. The zero-order chi connectivity index (χ0) is 10.9. The summed E-state index contributed by atoms with van der Waals surface area (Å²) < 4.78 is 0. The van der Waals surface area contributed by atoms with Crippen molar-refractivity contribution in [3.63, 3.8) is 0 Å². The van der Waals surface area contributed by atoms with Gasteiger partial charge in [0.15, 0.2) is 0 Å². The number of nitrogens with two attached hydrogens (primary N) is 1. The Kier molecular flexibility index (Phi) is 2.94. The number of thioether (sulfide) groups is 1. The molecular formula is C12H17NOS. The number of phenols is 1. The molecule has 1 aromatic rings. The van der Waals surface area contributed by atoms with Crippen LogP contribution in [0.1, 0.15) is 24.8 Å². The molecule has 0 aromatic heterocycles. The average Bonchev–Trinajstić information content (AvgIpc) is 2.17. The fraction of sp³-hybridized carbons (Fsp3) is 0.500. The van der Waals surface area contributed by atoms with Gasteiger partial charge in [0, 0.05) is 12.0 Å². The average molecular weight is 223 g/mol. The third-order valence-corrected chi connectivity index (χ3v) is 4.31. The van der Waals surface area contributed by atoms with Crippen LogP contribution < -0.4 is 5.73 Å². The lowest BCUT2D eigenvalue weighted by molar-refractivity contribution is 0.247. The van der Waals surface area contributed by atoms with E-state index >= 15 is 0 Å². The molecule has 3 heteroatoms. The molecule has 2 rings (SSSR count). The smallest absolute Gasteiger partial charge is 0.129 e. The second-order valence-corrected chi connectivity index (χ2v) is 5.01. The van der Waals surface area contributed by atoms with Crippen LogP contribution in [0.5, 0.6) is 5.75 Å². The van der Waals surface area contributed by atoms with Gasteiger partial charge in [-0.1, -0.05) is 18.6 Å². The van der Waals surface area contributed by atoms with E-state index in [2.05, 4.69) is 6.07 Å². The van der Waals surface area contributed by atoms with Crippen molar-refractivity contribution >= 4 is 11.8 Å². The minimum atomic E-state index is 0.136. The lowest BCUT2D eigenvalue weighted by Crippen LogP contribution is -2.41. The van der Waals surface area contributed by atoms with Crippen LogP contribution in [0.3, 0.4) is 0 Å². The Hall–Kier alpha value is -0.670. The summed E-state index contributed by atoms with van der Waals surface area (Å²) in [5.74, 6) is 0.389. The van der Waals surface area contributed by atoms with E-state index in [-0.39, 0.29) is 5.41 Å². The van der Waals surface area contributed by atoms with Crippen molar-refractivity contribution in [3.8, 4) is 5.75 Å². The van der Waals surface area contributed by atoms with Crippen LogP contribution in [0.15, 0.2) is 23.1 Å². The Labute approximate surface area is 94.9 Å². The van der Waals surface area contributed by atoms with Crippen LogP contribution >= 0.6 is 11.8 Å². The molecule has 1 aliphatic carbocycles. The summed E-state index contributed by atoms with van der Waals surface area (Å²) in [6.07, 6.45) is 5.56. The highest BCUT2D eigenvalue weighted by molar-refractivity contribution is 7.98. The number of aromatic hydroxyl groups is 1. The van der Waals surface area contributed by atoms with Gasteiger partial charge in [-0.15, -0.1) is 11.8 Å². The Morgan fingerprint density at radius 2 is 2.20 bits per heavy atom. The normalized spacial score (nSPS) is 18.5. The molecule has 0 heterocycles. The van der Waals surface area contributed by atoms with Gasteiger partial charge < -0.3 is 10.8 Å². The SMILES string of the molecule is CSc1c(O)cccc1C1(CN)CCC1. The van der Waals surface area contributed by atoms with Crippen molar-refractivity contribution in [2.24, 2.45) is 5.73 Å². The molecule has 3 N–H and O–H groups in total. The summed E-state index contributed by atoms with van der Waals surface area (Å²) in [5.41, 5.74) is 7.26. The van der Waals surface area contributed by atoms with E-state index in [1.807, 2.05) is 12.3 Å². The molecule has 0 amide bonds. The van der Waals surface area contributed by atoms with Crippen molar-refractivity contribution in [3.05, 3.63) is 23.8 Å². The van der Waals surface area contributed by atoms with Crippen LogP contribution in [-0.4, -0.2) is 17.9 Å². The first-order valence-corrected chi connectivity index (χ1v) is 6.52. The van der Waals surface area contributed by atoms with Crippen molar-refractivity contribution in [1.29, 1.82) is 0 Å². The van der Waals surface area contributed by atoms with Gasteiger partial charge >= 0.3 is 0 Å². The Morgan fingerprint density at radius 3 is 2.67 bits per heavy atom. The molecule has 0 bridgehead atoms. The summed E-state index contributed by atoms with van der Waals surface area (Å²) in [7, 11) is 0. The van der Waals surface area contributed by atoms with E-state index in [9.17, 15) is 5.11 Å². The van der Waals surface area contributed by atoms with Gasteiger partial charge in [-0.3, -0.25) is 0 Å². The van der Waals surface area contributed by atoms with Crippen LogP contribution in [0.2, 0.25) is 0 Å². The van der Waals surface area contributed by atoms with Crippen LogP contribution in [0.4, 0.5) is 0 Å². The van der Waals surface area contributed by atoms with Gasteiger partial charge in [-0.2, -0.15) is 0 Å². The number of benzene rings is 1. The van der Waals surface area contributed by atoms with Gasteiger partial charge in [0.05, 0.1) is 4.90 Å². The maximum absolute atomic E-state index is 9.81. The maximum Gasteiger partial charge on any atom is 0.129 e. The first-order valence-electron chi connectivity index (χ1n) is 5.30. The molecule has 15 heavy (non-hydrogen) atoms. The summed E-state index contributed by atoms with van der Waals surface area (Å²) in [4.78, 5) is 1.00. The number of phenolic OH excluding ortho intramolecular Hbond substituents is 1. The van der Waals surface area contributed by atoms with Crippen molar-refractivity contribution in [2.45, 2.75) is 29.6 Å². The fourth-order valence-corrected chi connectivity index (χ4v) is 3.13. The lowest BCUT2D eigenvalue weighted by atomic mass is 9.64. The van der Waals surface area contributed by atoms with E-state index < -0.39 is 0 Å². The molecule has 1 fully saturated rings. The molecule has 1 saturated carbocycles. The van der Waals surface area contributed by atoms with Gasteiger partial charge in [-0.05, 0) is 30.7 Å². The minimum absolute atomic E-state index is 0.136. The highest BCUT2D eigenvalue weighted by atomic mass is 32.2. The molecule has 0 atom stereocenters. The Bertz CT molecular complexity index is 355. The summed E-state index contributed by atoms with van der Waals surface area (Å²) in [6.45, 7) is 0.685. The van der Waals surface area contributed by atoms with Crippen LogP contribution in [-0.2, 0) is 5.41 Å². The van der Waals surface area contributed by atoms with Crippen molar-refractivity contribution < 1.29 is 5.11 Å². The van der Waals surface area contributed by atoms with Gasteiger partial charge in [0.1, 0.15) is 5.75 Å². The molecule has 82 valence electrons. The van der Waals surface area contributed by atoms with Gasteiger partial charge in [0.25, 0.3) is 0 Å². The Morgan fingerprint density at radius 1 is 1.47 bits per heavy atom. The number of hydrogen-bond donors (Lipinski definition) is 2. The molecule has 2 nitrogen and oxygen atoms in total. The monoisotopic (exact) mass is 223 g/mol. The van der Waals surface area contributed by atoms with Crippen molar-refractivity contribution in [2.75, 3.05) is 12.8 Å². The lowest BCUT2D eigenvalue weighted by Gasteiger charge is -2.42. The summed E-state index contributed by atoms with van der Waals surface area (Å²) in [5, 5.41) is 9.81. The van der Waals surface area contributed by atoms with Gasteiger partial charge in [-0.25, -0.2) is 0 Å². The molecule has 0 aliphatic heterocycles. The molecule has 0 spiro atoms.